The molecule has 3 rings (SSSR count). The molecule has 0 aromatic rings. The number of ketones is 1. The lowest BCUT2D eigenvalue weighted by atomic mass is 9.66. The van der Waals surface area contributed by atoms with Crippen LogP contribution in [0, 0.1) is 11.8 Å². The van der Waals surface area contributed by atoms with Crippen molar-refractivity contribution in [2.24, 2.45) is 11.8 Å². The summed E-state index contributed by atoms with van der Waals surface area (Å²) in [5, 5.41) is 9.79. The predicted molar refractivity (Wildman–Crippen MR) is 93.0 cm³/mol. The van der Waals surface area contributed by atoms with E-state index in [1.807, 2.05) is 0 Å². The molecule has 0 spiro atoms. The van der Waals surface area contributed by atoms with Crippen LogP contribution in [0.15, 0.2) is 0 Å². The van der Waals surface area contributed by atoms with Crippen LogP contribution in [0.25, 0.3) is 0 Å². The molecule has 0 bridgehead atoms. The van der Waals surface area contributed by atoms with Gasteiger partial charge < -0.3 is 21.3 Å². The summed E-state index contributed by atoms with van der Waals surface area (Å²) < 4.78 is 0. The van der Waals surface area contributed by atoms with E-state index >= 15 is 0 Å². The maximum Gasteiger partial charge on any atom is 0.290 e. The molecule has 4 N–H and O–H groups in total. The topological polar surface area (TPSA) is 136 Å². The van der Waals surface area contributed by atoms with Gasteiger partial charge in [0.15, 0.2) is 0 Å². The highest BCUT2D eigenvalue weighted by atomic mass is 16.2. The van der Waals surface area contributed by atoms with E-state index in [2.05, 4.69) is 26.2 Å². The fourth-order valence-electron chi connectivity index (χ4n) is 4.12. The molecule has 10 heteroatoms. The summed E-state index contributed by atoms with van der Waals surface area (Å²) in [5.74, 6) is -1.46. The predicted octanol–water partition coefficient (Wildman–Crippen LogP) is -2.52. The molecular formula is C17H25N5O5. The van der Waals surface area contributed by atoms with E-state index in [9.17, 15) is 24.0 Å². The molecule has 2 saturated heterocycles. The van der Waals surface area contributed by atoms with Crippen LogP contribution in [0.2, 0.25) is 0 Å². The first-order valence-corrected chi connectivity index (χ1v) is 9.22. The highest BCUT2D eigenvalue weighted by molar-refractivity contribution is 6.37. The molecule has 0 aromatic heterocycles. The number of nitrogens with one attached hydrogen (secondary N) is 4. The van der Waals surface area contributed by atoms with Gasteiger partial charge >= 0.3 is 0 Å². The van der Waals surface area contributed by atoms with Crippen LogP contribution < -0.4 is 21.3 Å². The number of nitrogens with zero attached hydrogens (tertiary/aromatic N) is 1. The number of Topliss-reactive ketones (excluding diaryl/α,β-unsaturated/α-hetero) is 1. The molecule has 3 fully saturated rings. The third kappa shape index (κ3) is 3.95. The zero-order valence-corrected chi connectivity index (χ0v) is 15.2. The molecule has 10 nitrogen and oxygen atoms in total. The largest absolute Gasteiger partial charge is 0.350 e. The molecule has 27 heavy (non-hydrogen) atoms. The van der Waals surface area contributed by atoms with Crippen molar-refractivity contribution in [2.75, 3.05) is 26.2 Å². The van der Waals surface area contributed by atoms with E-state index < -0.39 is 36.1 Å². The van der Waals surface area contributed by atoms with Gasteiger partial charge in [-0.15, -0.1) is 0 Å². The lowest BCUT2D eigenvalue weighted by molar-refractivity contribution is -0.140. The number of rotatable bonds is 9. The fourth-order valence-corrected chi connectivity index (χ4v) is 4.12. The van der Waals surface area contributed by atoms with Gasteiger partial charge in [0, 0.05) is 13.1 Å². The van der Waals surface area contributed by atoms with Gasteiger partial charge in [0.2, 0.25) is 24.0 Å². The van der Waals surface area contributed by atoms with E-state index in [1.165, 1.54) is 13.3 Å². The number of piperidine rings is 1. The van der Waals surface area contributed by atoms with Gasteiger partial charge in [-0.2, -0.15) is 0 Å². The van der Waals surface area contributed by atoms with E-state index in [0.29, 0.717) is 18.2 Å². The first kappa shape index (κ1) is 19.3. The van der Waals surface area contributed by atoms with E-state index in [4.69, 9.17) is 0 Å². The number of hydrogen-bond donors (Lipinski definition) is 4. The second-order valence-corrected chi connectivity index (χ2v) is 7.46. The highest BCUT2D eigenvalue weighted by Crippen LogP contribution is 2.55. The SMILES string of the molecule is C[C@H](NC(=O)CNC=O)C(=O)NCC(=O)C(=O)N[C@@]12CN1CCC1CCC12. The smallest absolute Gasteiger partial charge is 0.290 e. The molecule has 5 atom stereocenters. The van der Waals surface area contributed by atoms with E-state index in [0.717, 1.165) is 25.9 Å². The first-order chi connectivity index (χ1) is 12.9. The third-order valence-corrected chi connectivity index (χ3v) is 5.82. The second kappa shape index (κ2) is 7.63. The number of fused-ring (bicyclic) bond motifs is 3. The standard InChI is InChI=1S/C17H25N5O5/c1-10(20-14(25)7-18-9-23)15(26)19-6-13(24)16(27)21-17-8-22(17)5-4-11-2-3-12(11)17/h9-12H,2-8H2,1H3,(H,18,23)(H,19,26)(H,20,25)(H,21,27)/t10-,11?,12?,17-,22?/m0/s1. The molecular weight excluding hydrogens is 354 g/mol. The van der Waals surface area contributed by atoms with Gasteiger partial charge in [-0.05, 0) is 38.0 Å². The summed E-state index contributed by atoms with van der Waals surface area (Å²) >= 11 is 0. The molecule has 148 valence electrons. The summed E-state index contributed by atoms with van der Waals surface area (Å²) in [6.45, 7) is 2.50. The van der Waals surface area contributed by atoms with Crippen LogP contribution in [0.3, 0.4) is 0 Å². The van der Waals surface area contributed by atoms with Crippen molar-refractivity contribution in [2.45, 2.75) is 37.9 Å². The number of hydrogen-bond acceptors (Lipinski definition) is 6. The molecule has 2 aliphatic heterocycles. The Morgan fingerprint density at radius 3 is 2.63 bits per heavy atom. The van der Waals surface area contributed by atoms with Gasteiger partial charge in [-0.3, -0.25) is 28.9 Å². The van der Waals surface area contributed by atoms with Crippen molar-refractivity contribution < 1.29 is 24.0 Å². The fraction of sp³-hybridized carbons (Fsp3) is 0.706. The molecule has 1 aliphatic carbocycles. The van der Waals surface area contributed by atoms with Crippen LogP contribution in [0.4, 0.5) is 0 Å². The summed E-state index contributed by atoms with van der Waals surface area (Å²) in [5.41, 5.74) is -0.356. The maximum atomic E-state index is 12.2. The summed E-state index contributed by atoms with van der Waals surface area (Å²) in [7, 11) is 0. The molecule has 3 unspecified atom stereocenters. The van der Waals surface area contributed by atoms with Gasteiger partial charge in [0.05, 0.1) is 13.1 Å². The Morgan fingerprint density at radius 2 is 1.96 bits per heavy atom. The molecule has 3 aliphatic rings. The van der Waals surface area contributed by atoms with Crippen molar-refractivity contribution in [3.05, 3.63) is 0 Å². The minimum absolute atomic E-state index is 0.247. The quantitative estimate of drug-likeness (QED) is 0.198. The monoisotopic (exact) mass is 379 g/mol. The van der Waals surface area contributed by atoms with Gasteiger partial charge in [0.25, 0.3) is 5.91 Å². The second-order valence-electron chi connectivity index (χ2n) is 7.46. The average Bonchev–Trinajstić information content (AvgIpc) is 3.29. The van der Waals surface area contributed by atoms with Gasteiger partial charge in [0.1, 0.15) is 11.7 Å². The molecule has 1 saturated carbocycles. The van der Waals surface area contributed by atoms with E-state index in [1.54, 1.807) is 0 Å². The van der Waals surface area contributed by atoms with Crippen LogP contribution in [0.1, 0.15) is 26.2 Å². The van der Waals surface area contributed by atoms with Crippen LogP contribution in [-0.4, -0.2) is 72.7 Å². The Balaban J connectivity index is 1.41. The van der Waals surface area contributed by atoms with Crippen LogP contribution >= 0.6 is 0 Å². The number of amides is 4. The Kier molecular flexibility index (Phi) is 5.45. The average molecular weight is 379 g/mol. The van der Waals surface area contributed by atoms with Gasteiger partial charge in [-0.1, -0.05) is 0 Å². The number of carbonyl (C=O) groups excluding carboxylic acids is 5. The lowest BCUT2D eigenvalue weighted by Gasteiger charge is -2.46. The summed E-state index contributed by atoms with van der Waals surface area (Å²) in [6.07, 6.45) is 3.78. The first-order valence-electron chi connectivity index (χ1n) is 9.22. The Morgan fingerprint density at radius 1 is 1.19 bits per heavy atom. The summed E-state index contributed by atoms with van der Waals surface area (Å²) in [4.78, 5) is 60.0. The maximum absolute atomic E-state index is 12.2. The molecule has 0 radical (unpaired) electrons. The highest BCUT2D eigenvalue weighted by Gasteiger charge is 2.64. The summed E-state index contributed by atoms with van der Waals surface area (Å²) in [6, 6.07) is -0.895. The Bertz CT molecular complexity index is 668. The van der Waals surface area contributed by atoms with Crippen molar-refractivity contribution in [1.29, 1.82) is 0 Å². The molecule has 2 heterocycles. The zero-order valence-electron chi connectivity index (χ0n) is 15.2. The Labute approximate surface area is 156 Å². The third-order valence-electron chi connectivity index (χ3n) is 5.82. The van der Waals surface area contributed by atoms with Crippen LogP contribution in [-0.2, 0) is 24.0 Å². The van der Waals surface area contributed by atoms with Crippen molar-refractivity contribution >= 4 is 29.9 Å². The van der Waals surface area contributed by atoms with E-state index in [-0.39, 0.29) is 12.2 Å². The van der Waals surface area contributed by atoms with Crippen molar-refractivity contribution in [1.82, 2.24) is 26.2 Å². The van der Waals surface area contributed by atoms with Crippen molar-refractivity contribution in [3.8, 4) is 0 Å². The number of carbonyl (C=O) groups is 5. The minimum Gasteiger partial charge on any atom is -0.350 e. The van der Waals surface area contributed by atoms with Crippen molar-refractivity contribution in [3.63, 3.8) is 0 Å². The minimum atomic E-state index is -0.895. The van der Waals surface area contributed by atoms with Crippen LogP contribution in [0.5, 0.6) is 0 Å². The molecule has 0 aromatic carbocycles. The zero-order chi connectivity index (χ0) is 19.6. The molecule has 4 amide bonds. The Hall–Kier alpha value is -2.49. The van der Waals surface area contributed by atoms with Gasteiger partial charge in [-0.25, -0.2) is 0 Å². The lowest BCUT2D eigenvalue weighted by Crippen LogP contribution is -2.57. The normalized spacial score (nSPS) is 31.1.